The molecule has 5 heteroatoms. The van der Waals surface area contributed by atoms with Gasteiger partial charge in [-0.05, 0) is 25.2 Å². The summed E-state index contributed by atoms with van der Waals surface area (Å²) in [5.74, 6) is 0.914. The molecule has 0 bridgehead atoms. The van der Waals surface area contributed by atoms with Crippen LogP contribution in [0.4, 0.5) is 0 Å². The fourth-order valence-electron chi connectivity index (χ4n) is 2.07. The van der Waals surface area contributed by atoms with Gasteiger partial charge in [0.05, 0.1) is 5.92 Å². The van der Waals surface area contributed by atoms with E-state index in [2.05, 4.69) is 5.16 Å². The molecule has 3 unspecified atom stereocenters. The smallest absolute Gasteiger partial charge is 0.233 e. The predicted molar refractivity (Wildman–Crippen MR) is 50.7 cm³/mol. The average molecular weight is 197 g/mol. The van der Waals surface area contributed by atoms with Crippen molar-refractivity contribution in [3.8, 4) is 0 Å². The van der Waals surface area contributed by atoms with E-state index in [0.717, 1.165) is 24.9 Å². The maximum Gasteiger partial charge on any atom is 0.233 e. The molecule has 14 heavy (non-hydrogen) atoms. The third kappa shape index (κ3) is 1.42. The molecule has 0 spiro atoms. The minimum atomic E-state index is -0.502. The van der Waals surface area contributed by atoms with Crippen molar-refractivity contribution in [2.45, 2.75) is 13.3 Å². The Morgan fingerprint density at radius 1 is 1.57 bits per heavy atom. The summed E-state index contributed by atoms with van der Waals surface area (Å²) in [5, 5.41) is 11.3. The number of piperidine rings is 1. The second-order valence-corrected chi connectivity index (χ2v) is 4.25. The molecule has 78 valence electrons. The largest absolute Gasteiger partial charge is 0.409 e. The van der Waals surface area contributed by atoms with Crippen molar-refractivity contribution in [3.63, 3.8) is 0 Å². The van der Waals surface area contributed by atoms with Crippen molar-refractivity contribution in [1.29, 1.82) is 0 Å². The van der Waals surface area contributed by atoms with Crippen LogP contribution in [0.15, 0.2) is 5.16 Å². The molecule has 2 aliphatic rings. The maximum absolute atomic E-state index is 11.8. The summed E-state index contributed by atoms with van der Waals surface area (Å²) < 4.78 is 0. The highest BCUT2D eigenvalue weighted by atomic mass is 16.4. The van der Waals surface area contributed by atoms with Crippen LogP contribution in [0.1, 0.15) is 13.3 Å². The van der Waals surface area contributed by atoms with Crippen LogP contribution in [0.2, 0.25) is 0 Å². The monoisotopic (exact) mass is 197 g/mol. The van der Waals surface area contributed by atoms with E-state index < -0.39 is 5.92 Å². The highest BCUT2D eigenvalue weighted by molar-refractivity contribution is 6.01. The van der Waals surface area contributed by atoms with Gasteiger partial charge in [0.25, 0.3) is 0 Å². The van der Waals surface area contributed by atoms with Gasteiger partial charge in [0.1, 0.15) is 0 Å². The summed E-state index contributed by atoms with van der Waals surface area (Å²) in [6, 6.07) is 0. The van der Waals surface area contributed by atoms with Gasteiger partial charge in [0.2, 0.25) is 5.91 Å². The minimum absolute atomic E-state index is 0.00410. The van der Waals surface area contributed by atoms with Gasteiger partial charge >= 0.3 is 0 Å². The summed E-state index contributed by atoms with van der Waals surface area (Å²) in [4.78, 5) is 13.6. The molecule has 1 heterocycles. The maximum atomic E-state index is 11.8. The molecule has 2 fully saturated rings. The van der Waals surface area contributed by atoms with Crippen LogP contribution in [-0.2, 0) is 4.79 Å². The zero-order valence-electron chi connectivity index (χ0n) is 8.18. The average Bonchev–Trinajstić information content (AvgIpc) is 2.82. The number of oxime groups is 1. The summed E-state index contributed by atoms with van der Waals surface area (Å²) in [6.07, 6.45) is 1.27. The summed E-state index contributed by atoms with van der Waals surface area (Å²) in [7, 11) is 0. The number of nitrogens with zero attached hydrogens (tertiary/aromatic N) is 2. The molecule has 0 aromatic rings. The Bertz CT molecular complexity index is 280. The van der Waals surface area contributed by atoms with Crippen LogP contribution >= 0.6 is 0 Å². The van der Waals surface area contributed by atoms with Gasteiger partial charge in [-0.25, -0.2) is 0 Å². The first-order valence-electron chi connectivity index (χ1n) is 4.89. The Hall–Kier alpha value is -1.26. The molecular formula is C9H15N3O2. The van der Waals surface area contributed by atoms with Crippen molar-refractivity contribution >= 4 is 11.7 Å². The van der Waals surface area contributed by atoms with Gasteiger partial charge in [-0.3, -0.25) is 4.79 Å². The van der Waals surface area contributed by atoms with Crippen LogP contribution in [-0.4, -0.2) is 34.9 Å². The molecule has 3 atom stereocenters. The normalized spacial score (nSPS) is 32.6. The third-order valence-electron chi connectivity index (χ3n) is 3.22. The molecule has 1 amide bonds. The molecule has 0 radical (unpaired) electrons. The fraction of sp³-hybridized carbons (Fsp3) is 0.778. The molecule has 1 aliphatic heterocycles. The van der Waals surface area contributed by atoms with E-state index in [1.54, 1.807) is 6.92 Å². The Balaban J connectivity index is 1.94. The van der Waals surface area contributed by atoms with Gasteiger partial charge in [0.15, 0.2) is 5.84 Å². The van der Waals surface area contributed by atoms with Crippen molar-refractivity contribution in [2.24, 2.45) is 28.6 Å². The Morgan fingerprint density at radius 3 is 2.64 bits per heavy atom. The zero-order chi connectivity index (χ0) is 10.3. The Labute approximate surface area is 82.6 Å². The van der Waals surface area contributed by atoms with Gasteiger partial charge in [0, 0.05) is 13.1 Å². The van der Waals surface area contributed by atoms with E-state index in [0.29, 0.717) is 0 Å². The number of likely N-dealkylation sites (tertiary alicyclic amines) is 1. The minimum Gasteiger partial charge on any atom is -0.409 e. The molecular weight excluding hydrogens is 182 g/mol. The van der Waals surface area contributed by atoms with Crippen LogP contribution in [0.25, 0.3) is 0 Å². The standard InChI is InChI=1S/C9H15N3O2/c1-5(8(10)11-14)9(13)12-3-6-2-7(6)4-12/h5-7,14H,2-4H2,1H3,(H2,10,11). The van der Waals surface area contributed by atoms with E-state index in [4.69, 9.17) is 10.9 Å². The van der Waals surface area contributed by atoms with E-state index in [9.17, 15) is 4.79 Å². The number of nitrogens with two attached hydrogens (primary N) is 1. The molecule has 0 aromatic heterocycles. The van der Waals surface area contributed by atoms with Gasteiger partial charge in [-0.1, -0.05) is 5.16 Å². The molecule has 5 nitrogen and oxygen atoms in total. The fourth-order valence-corrected chi connectivity index (χ4v) is 2.07. The van der Waals surface area contributed by atoms with Crippen molar-refractivity contribution in [1.82, 2.24) is 4.90 Å². The number of rotatable bonds is 2. The zero-order valence-corrected chi connectivity index (χ0v) is 8.18. The summed E-state index contributed by atoms with van der Waals surface area (Å²) in [6.45, 7) is 3.38. The van der Waals surface area contributed by atoms with Crippen LogP contribution in [0, 0.1) is 17.8 Å². The Kier molecular flexibility index (Phi) is 2.09. The number of hydrogen-bond acceptors (Lipinski definition) is 3. The quantitative estimate of drug-likeness (QED) is 0.279. The lowest BCUT2D eigenvalue weighted by Gasteiger charge is -2.21. The van der Waals surface area contributed by atoms with Crippen LogP contribution < -0.4 is 5.73 Å². The van der Waals surface area contributed by atoms with Gasteiger partial charge in [-0.15, -0.1) is 0 Å². The van der Waals surface area contributed by atoms with Gasteiger partial charge < -0.3 is 15.8 Å². The molecule has 1 saturated carbocycles. The van der Waals surface area contributed by atoms with Crippen molar-refractivity contribution in [3.05, 3.63) is 0 Å². The lowest BCUT2D eigenvalue weighted by Crippen LogP contribution is -2.40. The first-order chi connectivity index (χ1) is 6.63. The second kappa shape index (κ2) is 3.15. The van der Waals surface area contributed by atoms with Crippen LogP contribution in [0.5, 0.6) is 0 Å². The third-order valence-corrected chi connectivity index (χ3v) is 3.22. The number of hydrogen-bond donors (Lipinski definition) is 2. The summed E-state index contributed by atoms with van der Waals surface area (Å²) >= 11 is 0. The van der Waals surface area contributed by atoms with E-state index in [1.807, 2.05) is 4.90 Å². The van der Waals surface area contributed by atoms with Gasteiger partial charge in [-0.2, -0.15) is 0 Å². The highest BCUT2D eigenvalue weighted by Crippen LogP contribution is 2.45. The number of fused-ring (bicyclic) bond motifs is 1. The molecule has 2 rings (SSSR count). The van der Waals surface area contributed by atoms with Crippen LogP contribution in [0.3, 0.4) is 0 Å². The lowest BCUT2D eigenvalue weighted by atomic mass is 10.1. The number of amidine groups is 1. The van der Waals surface area contributed by atoms with Crippen molar-refractivity contribution in [2.75, 3.05) is 13.1 Å². The van der Waals surface area contributed by atoms with E-state index in [1.165, 1.54) is 6.42 Å². The summed E-state index contributed by atoms with van der Waals surface area (Å²) in [5.41, 5.74) is 5.38. The van der Waals surface area contributed by atoms with E-state index >= 15 is 0 Å². The predicted octanol–water partition coefficient (Wildman–Crippen LogP) is -0.153. The lowest BCUT2D eigenvalue weighted by molar-refractivity contribution is -0.132. The SMILES string of the molecule is CC(C(=O)N1CC2CC2C1)/C(N)=N/O. The topological polar surface area (TPSA) is 78.9 Å². The molecule has 1 saturated heterocycles. The van der Waals surface area contributed by atoms with Crippen molar-refractivity contribution < 1.29 is 10.0 Å². The molecule has 1 aliphatic carbocycles. The number of carbonyl (C=O) groups is 1. The second-order valence-electron chi connectivity index (χ2n) is 4.25. The first-order valence-corrected chi connectivity index (χ1v) is 4.89. The highest BCUT2D eigenvalue weighted by Gasteiger charge is 2.47. The Morgan fingerprint density at radius 2 is 2.14 bits per heavy atom. The van der Waals surface area contributed by atoms with E-state index in [-0.39, 0.29) is 11.7 Å². The molecule has 0 aromatic carbocycles. The number of carbonyl (C=O) groups excluding carboxylic acids is 1. The number of amides is 1. The molecule has 3 N–H and O–H groups in total. The first kappa shape index (κ1) is 9.30.